The number of rotatable bonds is 4. The molecule has 2 aromatic rings. The highest BCUT2D eigenvalue weighted by atomic mass is 16.6. The average molecular weight is 326 g/mol. The van der Waals surface area contributed by atoms with Gasteiger partial charge in [-0.05, 0) is 31.0 Å². The zero-order valence-electron chi connectivity index (χ0n) is 14.3. The van der Waals surface area contributed by atoms with Gasteiger partial charge in [0.15, 0.2) is 0 Å². The van der Waals surface area contributed by atoms with Crippen LogP contribution in [0, 0.1) is 24.0 Å². The van der Waals surface area contributed by atoms with E-state index in [2.05, 4.69) is 36.9 Å². The molecule has 24 heavy (non-hydrogen) atoms. The quantitative estimate of drug-likeness (QED) is 0.692. The van der Waals surface area contributed by atoms with Crippen molar-refractivity contribution in [2.45, 2.75) is 20.4 Å². The van der Waals surface area contributed by atoms with Gasteiger partial charge in [0.25, 0.3) is 5.69 Å². The molecule has 5 nitrogen and oxygen atoms in total. The predicted octanol–water partition coefficient (Wildman–Crippen LogP) is 2.12. The SMILES string of the molecule is Cc1ccc(C)c(N2CC[NH+](Cc3cccc([N+](=O)[O-])c3)CC2)c1. The number of nitrogens with zero attached hydrogens (tertiary/aromatic N) is 2. The summed E-state index contributed by atoms with van der Waals surface area (Å²) < 4.78 is 0. The molecule has 0 amide bonds. The Kier molecular flexibility index (Phi) is 4.81. The maximum atomic E-state index is 10.9. The third-order valence-electron chi connectivity index (χ3n) is 4.75. The minimum Gasteiger partial charge on any atom is -0.360 e. The number of hydrogen-bond donors (Lipinski definition) is 1. The molecule has 5 heteroatoms. The zero-order valence-corrected chi connectivity index (χ0v) is 14.3. The van der Waals surface area contributed by atoms with E-state index < -0.39 is 0 Å². The van der Waals surface area contributed by atoms with Gasteiger partial charge >= 0.3 is 0 Å². The van der Waals surface area contributed by atoms with E-state index in [1.54, 1.807) is 18.2 Å². The molecular weight excluding hydrogens is 302 g/mol. The second kappa shape index (κ2) is 7.01. The van der Waals surface area contributed by atoms with Crippen LogP contribution in [0.25, 0.3) is 0 Å². The van der Waals surface area contributed by atoms with Gasteiger partial charge in [-0.2, -0.15) is 0 Å². The van der Waals surface area contributed by atoms with E-state index in [0.29, 0.717) is 0 Å². The van der Waals surface area contributed by atoms with Crippen molar-refractivity contribution in [2.24, 2.45) is 0 Å². The van der Waals surface area contributed by atoms with Crippen molar-refractivity contribution in [1.82, 2.24) is 0 Å². The number of nitro benzene ring substituents is 1. The van der Waals surface area contributed by atoms with Gasteiger partial charge < -0.3 is 9.80 Å². The van der Waals surface area contributed by atoms with Gasteiger partial charge in [0, 0.05) is 23.4 Å². The summed E-state index contributed by atoms with van der Waals surface area (Å²) in [5.74, 6) is 0. The van der Waals surface area contributed by atoms with E-state index in [4.69, 9.17) is 0 Å². The Morgan fingerprint density at radius 3 is 2.58 bits per heavy atom. The van der Waals surface area contributed by atoms with Crippen LogP contribution in [0.1, 0.15) is 16.7 Å². The van der Waals surface area contributed by atoms with Gasteiger partial charge in [-0.1, -0.05) is 24.3 Å². The van der Waals surface area contributed by atoms with Crippen LogP contribution in [0.5, 0.6) is 0 Å². The Hall–Kier alpha value is -2.40. The fourth-order valence-electron chi connectivity index (χ4n) is 3.37. The maximum Gasteiger partial charge on any atom is 0.269 e. The highest BCUT2D eigenvalue weighted by molar-refractivity contribution is 5.55. The van der Waals surface area contributed by atoms with E-state index in [1.165, 1.54) is 21.7 Å². The fourth-order valence-corrected chi connectivity index (χ4v) is 3.37. The van der Waals surface area contributed by atoms with E-state index in [9.17, 15) is 10.1 Å². The first-order valence-corrected chi connectivity index (χ1v) is 8.42. The van der Waals surface area contributed by atoms with Crippen LogP contribution in [0.4, 0.5) is 11.4 Å². The Labute approximate surface area is 142 Å². The van der Waals surface area contributed by atoms with Gasteiger partial charge in [0.05, 0.1) is 31.1 Å². The number of piperazine rings is 1. The molecule has 2 aromatic carbocycles. The summed E-state index contributed by atoms with van der Waals surface area (Å²) in [6.07, 6.45) is 0. The normalized spacial score (nSPS) is 15.5. The van der Waals surface area contributed by atoms with E-state index >= 15 is 0 Å². The average Bonchev–Trinajstić information content (AvgIpc) is 2.58. The zero-order chi connectivity index (χ0) is 17.1. The number of nitro groups is 1. The molecule has 0 aliphatic carbocycles. The van der Waals surface area contributed by atoms with E-state index in [1.807, 2.05) is 6.07 Å². The van der Waals surface area contributed by atoms with Crippen molar-refractivity contribution in [2.75, 3.05) is 31.1 Å². The van der Waals surface area contributed by atoms with Crippen molar-refractivity contribution in [3.63, 3.8) is 0 Å². The molecule has 0 atom stereocenters. The standard InChI is InChI=1S/C19H23N3O2/c1-15-6-7-16(2)19(12-15)21-10-8-20(9-11-21)14-17-4-3-5-18(13-17)22(23)24/h3-7,12-13H,8-11,14H2,1-2H3/p+1. The molecule has 126 valence electrons. The first kappa shape index (κ1) is 16.5. The van der Waals surface area contributed by atoms with Crippen LogP contribution < -0.4 is 9.80 Å². The lowest BCUT2D eigenvalue weighted by Crippen LogP contribution is -3.13. The predicted molar refractivity (Wildman–Crippen MR) is 95.6 cm³/mol. The molecule has 0 radical (unpaired) electrons. The Balaban J connectivity index is 1.62. The number of quaternary nitrogens is 1. The minimum atomic E-state index is -0.322. The van der Waals surface area contributed by atoms with Crippen molar-refractivity contribution in [3.05, 3.63) is 69.3 Å². The summed E-state index contributed by atoms with van der Waals surface area (Å²) in [6.45, 7) is 9.29. The third-order valence-corrected chi connectivity index (χ3v) is 4.75. The molecule has 0 aromatic heterocycles. The molecule has 0 saturated carbocycles. The number of hydrogen-bond acceptors (Lipinski definition) is 3. The van der Waals surface area contributed by atoms with Crippen LogP contribution >= 0.6 is 0 Å². The summed E-state index contributed by atoms with van der Waals surface area (Å²) >= 11 is 0. The first-order valence-electron chi connectivity index (χ1n) is 8.42. The second-order valence-electron chi connectivity index (χ2n) is 6.63. The monoisotopic (exact) mass is 326 g/mol. The fraction of sp³-hybridized carbons (Fsp3) is 0.368. The van der Waals surface area contributed by atoms with Crippen LogP contribution in [0.3, 0.4) is 0 Å². The Morgan fingerprint density at radius 1 is 1.12 bits per heavy atom. The Morgan fingerprint density at radius 2 is 1.88 bits per heavy atom. The lowest BCUT2D eigenvalue weighted by atomic mass is 10.1. The number of aryl methyl sites for hydroxylation is 2. The molecule has 3 rings (SSSR count). The lowest BCUT2D eigenvalue weighted by Gasteiger charge is -2.34. The summed E-state index contributed by atoms with van der Waals surface area (Å²) in [6, 6.07) is 13.6. The highest BCUT2D eigenvalue weighted by Gasteiger charge is 2.22. The van der Waals surface area contributed by atoms with Crippen LogP contribution in [-0.2, 0) is 6.54 Å². The topological polar surface area (TPSA) is 50.8 Å². The molecule has 0 spiro atoms. The number of anilines is 1. The number of nitrogens with one attached hydrogen (secondary N) is 1. The summed E-state index contributed by atoms with van der Waals surface area (Å²) in [4.78, 5) is 14.5. The van der Waals surface area contributed by atoms with E-state index in [-0.39, 0.29) is 10.6 Å². The molecule has 0 unspecified atom stereocenters. The van der Waals surface area contributed by atoms with Crippen molar-refractivity contribution in [1.29, 1.82) is 0 Å². The molecule has 1 fully saturated rings. The molecule has 0 bridgehead atoms. The first-order chi connectivity index (χ1) is 11.5. The van der Waals surface area contributed by atoms with Crippen molar-refractivity contribution in [3.8, 4) is 0 Å². The van der Waals surface area contributed by atoms with Crippen LogP contribution in [-0.4, -0.2) is 31.1 Å². The van der Waals surface area contributed by atoms with Gasteiger partial charge in [-0.3, -0.25) is 10.1 Å². The maximum absolute atomic E-state index is 10.9. The van der Waals surface area contributed by atoms with Gasteiger partial charge in [0.2, 0.25) is 0 Å². The molecule has 1 N–H and O–H groups in total. The third kappa shape index (κ3) is 3.74. The van der Waals surface area contributed by atoms with E-state index in [0.717, 1.165) is 38.3 Å². The lowest BCUT2D eigenvalue weighted by molar-refractivity contribution is -0.914. The smallest absolute Gasteiger partial charge is 0.269 e. The molecule has 1 heterocycles. The molecule has 1 aliphatic heterocycles. The largest absolute Gasteiger partial charge is 0.360 e. The number of benzene rings is 2. The molecular formula is C19H24N3O2+. The summed E-state index contributed by atoms with van der Waals surface area (Å²) in [7, 11) is 0. The molecule has 1 aliphatic rings. The second-order valence-corrected chi connectivity index (χ2v) is 6.63. The van der Waals surface area contributed by atoms with Gasteiger partial charge in [0.1, 0.15) is 6.54 Å². The molecule has 1 saturated heterocycles. The van der Waals surface area contributed by atoms with Crippen LogP contribution in [0.15, 0.2) is 42.5 Å². The Bertz CT molecular complexity index is 737. The highest BCUT2D eigenvalue weighted by Crippen LogP contribution is 2.21. The van der Waals surface area contributed by atoms with Gasteiger partial charge in [-0.15, -0.1) is 0 Å². The van der Waals surface area contributed by atoms with Crippen molar-refractivity contribution < 1.29 is 9.82 Å². The van der Waals surface area contributed by atoms with Gasteiger partial charge in [-0.25, -0.2) is 0 Å². The minimum absolute atomic E-state index is 0.181. The van der Waals surface area contributed by atoms with Crippen molar-refractivity contribution >= 4 is 11.4 Å². The summed E-state index contributed by atoms with van der Waals surface area (Å²) in [5.41, 5.74) is 5.18. The number of non-ortho nitro benzene ring substituents is 1. The summed E-state index contributed by atoms with van der Waals surface area (Å²) in [5, 5.41) is 10.9. The van der Waals surface area contributed by atoms with Crippen LogP contribution in [0.2, 0.25) is 0 Å².